The van der Waals surface area contributed by atoms with Crippen LogP contribution in [0.25, 0.3) is 0 Å². The first-order valence-corrected chi connectivity index (χ1v) is 10.3. The first-order valence-electron chi connectivity index (χ1n) is 10.3. The van der Waals surface area contributed by atoms with Gasteiger partial charge in [0.15, 0.2) is 0 Å². The second kappa shape index (κ2) is 13.2. The summed E-state index contributed by atoms with van der Waals surface area (Å²) in [6.07, 6.45) is -7.19. The van der Waals surface area contributed by atoms with Gasteiger partial charge >= 0.3 is 24.3 Å². The summed E-state index contributed by atoms with van der Waals surface area (Å²) < 4.78 is 78.8. The first-order chi connectivity index (χ1) is 16.5. The van der Waals surface area contributed by atoms with Gasteiger partial charge in [0.25, 0.3) is 0 Å². The van der Waals surface area contributed by atoms with Crippen LogP contribution in [0.1, 0.15) is 17.1 Å². The third-order valence-corrected chi connectivity index (χ3v) is 4.59. The second-order valence-corrected chi connectivity index (χ2v) is 7.81. The summed E-state index contributed by atoms with van der Waals surface area (Å²) in [5.74, 6) is -4.51. The molecule has 2 aromatic rings. The molecule has 1 aliphatic rings. The molecule has 0 fully saturated rings. The number of aromatic nitrogens is 2. The third kappa shape index (κ3) is 11.0. The highest BCUT2D eigenvalue weighted by Gasteiger charge is 2.38. The molecule has 0 unspecified atom stereocenters. The fourth-order valence-corrected chi connectivity index (χ4v) is 2.99. The number of imidazole rings is 1. The van der Waals surface area contributed by atoms with Crippen LogP contribution >= 0.6 is 0 Å². The van der Waals surface area contributed by atoms with Gasteiger partial charge < -0.3 is 19.7 Å². The maximum absolute atomic E-state index is 13.0. The zero-order chi connectivity index (χ0) is 27.7. The van der Waals surface area contributed by atoms with E-state index in [-0.39, 0.29) is 5.82 Å². The largest absolute Gasteiger partial charge is 0.490 e. The van der Waals surface area contributed by atoms with E-state index in [4.69, 9.17) is 19.8 Å². The number of carboxylic acids is 2. The zero-order valence-electron chi connectivity index (χ0n) is 19.3. The van der Waals surface area contributed by atoms with Gasteiger partial charge in [0.05, 0.1) is 5.69 Å². The lowest BCUT2D eigenvalue weighted by Crippen LogP contribution is -2.26. The molecule has 0 aliphatic carbocycles. The molecule has 0 spiro atoms. The van der Waals surface area contributed by atoms with E-state index >= 15 is 0 Å². The van der Waals surface area contributed by atoms with E-state index in [1.54, 1.807) is 0 Å². The first kappa shape index (κ1) is 30.8. The van der Waals surface area contributed by atoms with Crippen LogP contribution in [0.2, 0.25) is 0 Å². The Kier molecular flexibility index (Phi) is 11.3. The molecular weight excluding hydrogens is 505 g/mol. The van der Waals surface area contributed by atoms with E-state index in [0.717, 1.165) is 44.7 Å². The number of carbonyl (C=O) groups is 2. The number of hydrogen-bond donors (Lipinski definition) is 2. The Balaban J connectivity index is 0.000000383. The molecule has 1 aromatic heterocycles. The number of rotatable bonds is 4. The van der Waals surface area contributed by atoms with Gasteiger partial charge in [0, 0.05) is 45.3 Å². The van der Waals surface area contributed by atoms with Crippen LogP contribution in [0.5, 0.6) is 0 Å². The number of nitrogens with zero attached hydrogens (tertiary/aromatic N) is 4. The van der Waals surface area contributed by atoms with Crippen LogP contribution in [-0.2, 0) is 35.6 Å². The number of fused-ring (bicyclic) bond motifs is 1. The molecule has 2 N–H and O–H groups in total. The predicted molar refractivity (Wildman–Crippen MR) is 112 cm³/mol. The normalized spacial score (nSPS) is 14.1. The van der Waals surface area contributed by atoms with Crippen molar-refractivity contribution >= 4 is 11.9 Å². The molecule has 0 amide bonds. The lowest BCUT2D eigenvalue weighted by atomic mass is 10.2. The van der Waals surface area contributed by atoms with Crippen LogP contribution in [-0.4, -0.2) is 81.0 Å². The minimum Gasteiger partial charge on any atom is -0.475 e. The molecule has 1 aromatic carbocycles. The van der Waals surface area contributed by atoms with Gasteiger partial charge in [0.1, 0.15) is 11.6 Å². The summed E-state index contributed by atoms with van der Waals surface area (Å²) in [5, 5.41) is 14.2. The SMILES string of the molecule is CN(C)Cc1cnc2n1CCN(Cc1ccc(F)cc1)CC2.O=C(O)C(F)(F)F.O=C(O)C(F)(F)F. The molecule has 36 heavy (non-hydrogen) atoms. The number of halogens is 7. The van der Waals surface area contributed by atoms with Crippen molar-refractivity contribution in [1.82, 2.24) is 19.4 Å². The van der Waals surface area contributed by atoms with Crippen molar-refractivity contribution in [1.29, 1.82) is 0 Å². The highest BCUT2D eigenvalue weighted by molar-refractivity contribution is 5.73. The molecule has 3 rings (SSSR count). The zero-order valence-corrected chi connectivity index (χ0v) is 19.3. The average molecular weight is 530 g/mol. The molecule has 202 valence electrons. The summed E-state index contributed by atoms with van der Waals surface area (Å²) in [4.78, 5) is 27.0. The van der Waals surface area contributed by atoms with Crippen molar-refractivity contribution < 1.29 is 50.5 Å². The molecule has 1 aliphatic heterocycles. The van der Waals surface area contributed by atoms with Crippen molar-refractivity contribution in [3.63, 3.8) is 0 Å². The van der Waals surface area contributed by atoms with Gasteiger partial charge in [-0.2, -0.15) is 26.3 Å². The summed E-state index contributed by atoms with van der Waals surface area (Å²) in [6.45, 7) is 4.76. The number of alkyl halides is 6. The van der Waals surface area contributed by atoms with Gasteiger partial charge in [-0.05, 0) is 31.8 Å². The Morgan fingerprint density at radius 1 is 0.944 bits per heavy atom. The van der Waals surface area contributed by atoms with Gasteiger partial charge in [-0.1, -0.05) is 12.1 Å². The lowest BCUT2D eigenvalue weighted by molar-refractivity contribution is -0.193. The monoisotopic (exact) mass is 530 g/mol. The van der Waals surface area contributed by atoms with Crippen molar-refractivity contribution in [2.24, 2.45) is 0 Å². The summed E-state index contributed by atoms with van der Waals surface area (Å²) in [7, 11) is 4.16. The highest BCUT2D eigenvalue weighted by Crippen LogP contribution is 2.16. The Labute approximate surface area is 201 Å². The van der Waals surface area contributed by atoms with Crippen molar-refractivity contribution in [2.45, 2.75) is 38.4 Å². The fourth-order valence-electron chi connectivity index (χ4n) is 2.99. The standard InChI is InChI=1S/C17H23FN4.2C2HF3O2/c1-20(2)13-16-11-19-17-7-8-21(9-10-22(16)17)12-14-3-5-15(18)6-4-14;2*3-2(4,5)1(6)7/h3-6,11H,7-10,12-13H2,1-2H3;2*(H,6,7). The molecule has 15 heteroatoms. The predicted octanol–water partition coefficient (Wildman–Crippen LogP) is 3.41. The molecule has 0 saturated carbocycles. The van der Waals surface area contributed by atoms with E-state index in [2.05, 4.69) is 33.4 Å². The number of hydrogen-bond acceptors (Lipinski definition) is 5. The Morgan fingerprint density at radius 3 is 1.89 bits per heavy atom. The number of carboxylic acid groups (broad SMARTS) is 2. The Hall–Kier alpha value is -3.20. The van der Waals surface area contributed by atoms with E-state index in [1.165, 1.54) is 23.7 Å². The quantitative estimate of drug-likeness (QED) is 0.585. The Bertz CT molecular complexity index is 966. The minimum atomic E-state index is -5.08. The van der Waals surface area contributed by atoms with Crippen LogP contribution in [0.4, 0.5) is 30.7 Å². The fraction of sp³-hybridized carbons (Fsp3) is 0.476. The smallest absolute Gasteiger partial charge is 0.475 e. The summed E-state index contributed by atoms with van der Waals surface area (Å²) >= 11 is 0. The highest BCUT2D eigenvalue weighted by atomic mass is 19.4. The van der Waals surface area contributed by atoms with Crippen LogP contribution in [0, 0.1) is 5.82 Å². The third-order valence-electron chi connectivity index (χ3n) is 4.59. The van der Waals surface area contributed by atoms with Gasteiger partial charge in [-0.15, -0.1) is 0 Å². The molecule has 0 radical (unpaired) electrons. The van der Waals surface area contributed by atoms with E-state index in [9.17, 15) is 30.7 Å². The maximum Gasteiger partial charge on any atom is 0.490 e. The molecule has 0 saturated heterocycles. The maximum atomic E-state index is 13.0. The molecule has 0 bridgehead atoms. The lowest BCUT2D eigenvalue weighted by Gasteiger charge is -2.20. The van der Waals surface area contributed by atoms with Crippen molar-refractivity contribution in [3.05, 3.63) is 53.4 Å². The topological polar surface area (TPSA) is 98.9 Å². The van der Waals surface area contributed by atoms with E-state index < -0.39 is 24.3 Å². The van der Waals surface area contributed by atoms with E-state index in [0.29, 0.717) is 0 Å². The number of benzene rings is 1. The Morgan fingerprint density at radius 2 is 1.44 bits per heavy atom. The van der Waals surface area contributed by atoms with Crippen molar-refractivity contribution in [3.8, 4) is 0 Å². The number of aliphatic carboxylic acids is 2. The summed E-state index contributed by atoms with van der Waals surface area (Å²) in [5.41, 5.74) is 2.44. The van der Waals surface area contributed by atoms with E-state index in [1.807, 2.05) is 18.3 Å². The van der Waals surface area contributed by atoms with Gasteiger partial charge in [-0.25, -0.2) is 19.0 Å². The average Bonchev–Trinajstić information content (AvgIpc) is 2.99. The molecule has 2 heterocycles. The van der Waals surface area contributed by atoms with Crippen LogP contribution in [0.15, 0.2) is 30.5 Å². The summed E-state index contributed by atoms with van der Waals surface area (Å²) in [6, 6.07) is 6.81. The second-order valence-electron chi connectivity index (χ2n) is 7.81. The van der Waals surface area contributed by atoms with Gasteiger partial charge in [0.2, 0.25) is 0 Å². The van der Waals surface area contributed by atoms with Crippen molar-refractivity contribution in [2.75, 3.05) is 27.2 Å². The minimum absolute atomic E-state index is 0.173. The molecular formula is C21H25F7N4O4. The molecule has 8 nitrogen and oxygen atoms in total. The van der Waals surface area contributed by atoms with Crippen LogP contribution in [0.3, 0.4) is 0 Å². The molecule has 0 atom stereocenters. The van der Waals surface area contributed by atoms with Gasteiger partial charge in [-0.3, -0.25) is 4.90 Å². The van der Waals surface area contributed by atoms with Crippen LogP contribution < -0.4 is 0 Å².